The van der Waals surface area contributed by atoms with E-state index in [9.17, 15) is 5.11 Å². The van der Waals surface area contributed by atoms with Crippen LogP contribution >= 0.6 is 0 Å². The van der Waals surface area contributed by atoms with Gasteiger partial charge in [0.2, 0.25) is 5.88 Å². The Balaban J connectivity index is 1.51. The van der Waals surface area contributed by atoms with Crippen molar-refractivity contribution >= 4 is 16.9 Å². The molecule has 0 radical (unpaired) electrons. The number of pyridine rings is 1. The lowest BCUT2D eigenvalue weighted by atomic mass is 10.1. The molecule has 34 heavy (non-hydrogen) atoms. The molecule has 1 aliphatic heterocycles. The number of ether oxygens (including phenoxy) is 1. The number of rotatable bonds is 4. The van der Waals surface area contributed by atoms with Gasteiger partial charge in [-0.1, -0.05) is 23.8 Å². The van der Waals surface area contributed by atoms with Crippen molar-refractivity contribution in [1.82, 2.24) is 24.7 Å². The molecule has 9 nitrogen and oxygen atoms in total. The zero-order chi connectivity index (χ0) is 23.1. The van der Waals surface area contributed by atoms with Gasteiger partial charge in [-0.3, -0.25) is 4.98 Å². The lowest BCUT2D eigenvalue weighted by Crippen LogP contribution is -2.37. The third kappa shape index (κ3) is 3.65. The van der Waals surface area contributed by atoms with Gasteiger partial charge in [0.1, 0.15) is 5.52 Å². The molecule has 0 saturated carbocycles. The summed E-state index contributed by atoms with van der Waals surface area (Å²) in [6, 6.07) is 13.4. The van der Waals surface area contributed by atoms with E-state index in [0.717, 1.165) is 22.3 Å². The second-order valence-corrected chi connectivity index (χ2v) is 8.22. The topological polar surface area (TPSA) is 102 Å². The van der Waals surface area contributed by atoms with E-state index in [-0.39, 0.29) is 11.8 Å². The first-order valence-corrected chi connectivity index (χ1v) is 11.1. The Labute approximate surface area is 195 Å². The highest BCUT2D eigenvalue weighted by atomic mass is 16.5. The summed E-state index contributed by atoms with van der Waals surface area (Å²) in [4.78, 5) is 16.3. The fourth-order valence-corrected chi connectivity index (χ4v) is 4.13. The highest BCUT2D eigenvalue weighted by Gasteiger charge is 2.21. The summed E-state index contributed by atoms with van der Waals surface area (Å²) in [6.07, 6.45) is 5.08. The summed E-state index contributed by atoms with van der Waals surface area (Å²) < 4.78 is 12.1. The van der Waals surface area contributed by atoms with Crippen LogP contribution < -0.4 is 4.90 Å². The minimum atomic E-state index is -0.0391. The van der Waals surface area contributed by atoms with Gasteiger partial charge in [0.05, 0.1) is 37.0 Å². The number of morpholine rings is 1. The summed E-state index contributed by atoms with van der Waals surface area (Å²) in [6.45, 7) is 4.62. The quantitative estimate of drug-likeness (QED) is 0.435. The van der Waals surface area contributed by atoms with Crippen molar-refractivity contribution in [3.63, 3.8) is 0 Å². The molecule has 1 aromatic carbocycles. The Kier molecular flexibility index (Phi) is 4.96. The second-order valence-electron chi connectivity index (χ2n) is 8.22. The maximum Gasteiger partial charge on any atom is 0.256 e. The molecule has 0 unspecified atom stereocenters. The molecule has 4 aromatic heterocycles. The minimum absolute atomic E-state index is 0.0391. The summed E-state index contributed by atoms with van der Waals surface area (Å²) in [5, 5.41) is 15.4. The van der Waals surface area contributed by atoms with Crippen LogP contribution in [0.2, 0.25) is 0 Å². The number of aromatic hydroxyl groups is 1. The molecule has 1 saturated heterocycles. The number of benzene rings is 1. The average Bonchev–Trinajstić information content (AvgIpc) is 3.54. The molecule has 6 rings (SSSR count). The van der Waals surface area contributed by atoms with Crippen molar-refractivity contribution in [3.8, 4) is 34.2 Å². The van der Waals surface area contributed by atoms with E-state index < -0.39 is 0 Å². The highest BCUT2D eigenvalue weighted by molar-refractivity contribution is 5.89. The molecule has 5 heterocycles. The number of nitrogens with zero attached hydrogens (tertiary/aromatic N) is 6. The largest absolute Gasteiger partial charge is 0.493 e. The van der Waals surface area contributed by atoms with Crippen LogP contribution in [0, 0.1) is 6.92 Å². The van der Waals surface area contributed by atoms with Crippen molar-refractivity contribution in [3.05, 3.63) is 66.8 Å². The van der Waals surface area contributed by atoms with Gasteiger partial charge in [-0.05, 0) is 25.1 Å². The van der Waals surface area contributed by atoms with Gasteiger partial charge in [0.15, 0.2) is 5.82 Å². The van der Waals surface area contributed by atoms with E-state index in [1.165, 1.54) is 4.68 Å². The van der Waals surface area contributed by atoms with Crippen LogP contribution in [0.1, 0.15) is 5.56 Å². The molecule has 1 N–H and O–H groups in total. The lowest BCUT2D eigenvalue weighted by molar-refractivity contribution is 0.122. The van der Waals surface area contributed by atoms with Crippen molar-refractivity contribution < 1.29 is 14.3 Å². The Morgan fingerprint density at radius 2 is 1.85 bits per heavy atom. The van der Waals surface area contributed by atoms with E-state index >= 15 is 0 Å². The molecule has 0 bridgehead atoms. The van der Waals surface area contributed by atoms with Crippen molar-refractivity contribution in [2.24, 2.45) is 0 Å². The smallest absolute Gasteiger partial charge is 0.256 e. The molecule has 0 aliphatic carbocycles. The Morgan fingerprint density at radius 1 is 0.971 bits per heavy atom. The number of fused-ring (bicyclic) bond motifs is 1. The first-order valence-electron chi connectivity index (χ1n) is 11.1. The Hall–Kier alpha value is -4.24. The second kappa shape index (κ2) is 8.27. The molecule has 5 aromatic rings. The lowest BCUT2D eigenvalue weighted by Gasteiger charge is -2.28. The number of hydrogen-bond donors (Lipinski definition) is 1. The van der Waals surface area contributed by atoms with Gasteiger partial charge in [-0.15, -0.1) is 0 Å². The molecule has 0 spiro atoms. The van der Waals surface area contributed by atoms with E-state index in [4.69, 9.17) is 24.1 Å². The van der Waals surface area contributed by atoms with Crippen LogP contribution in [-0.2, 0) is 4.74 Å². The fraction of sp³-hybridized carbons (Fsp3) is 0.200. The van der Waals surface area contributed by atoms with Crippen LogP contribution in [0.15, 0.2) is 65.6 Å². The minimum Gasteiger partial charge on any atom is -0.493 e. The summed E-state index contributed by atoms with van der Waals surface area (Å²) in [5.74, 6) is 0.924. The molecule has 1 aliphatic rings. The first kappa shape index (κ1) is 20.4. The van der Waals surface area contributed by atoms with Crippen molar-refractivity contribution in [2.45, 2.75) is 6.92 Å². The van der Waals surface area contributed by atoms with Gasteiger partial charge >= 0.3 is 0 Å². The maximum atomic E-state index is 10.8. The molecular weight excluding hydrogens is 432 g/mol. The standard InChI is InChI=1S/C25H22N6O3/c1-16-3-2-4-17(11-16)20-13-22(32)31(29-20)25-27-21-12-19(18-5-8-34-15-18)14-26-23(21)24(28-25)30-6-9-33-10-7-30/h2-5,8,11-15,32H,6-7,9-10H2,1H3. The number of anilines is 1. The highest BCUT2D eigenvalue weighted by Crippen LogP contribution is 2.30. The predicted octanol–water partition coefficient (Wildman–Crippen LogP) is 3.99. The molecule has 0 atom stereocenters. The molecule has 1 fully saturated rings. The van der Waals surface area contributed by atoms with Gasteiger partial charge in [0, 0.05) is 42.0 Å². The molecule has 170 valence electrons. The third-order valence-corrected chi connectivity index (χ3v) is 5.86. The zero-order valence-corrected chi connectivity index (χ0v) is 18.5. The number of hydrogen-bond acceptors (Lipinski definition) is 8. The van der Waals surface area contributed by atoms with E-state index in [0.29, 0.717) is 48.8 Å². The number of aromatic nitrogens is 5. The van der Waals surface area contributed by atoms with Gasteiger partial charge < -0.3 is 19.2 Å². The average molecular weight is 454 g/mol. The normalized spacial score (nSPS) is 14.1. The van der Waals surface area contributed by atoms with Crippen LogP contribution in [0.25, 0.3) is 39.4 Å². The molecular formula is C25H22N6O3. The van der Waals surface area contributed by atoms with Gasteiger partial charge in [0.25, 0.3) is 5.95 Å². The van der Waals surface area contributed by atoms with Gasteiger partial charge in [-0.25, -0.2) is 4.98 Å². The number of aryl methyl sites for hydroxylation is 1. The monoisotopic (exact) mass is 454 g/mol. The van der Waals surface area contributed by atoms with Crippen LogP contribution in [0.4, 0.5) is 5.82 Å². The maximum absolute atomic E-state index is 10.8. The third-order valence-electron chi connectivity index (χ3n) is 5.86. The predicted molar refractivity (Wildman–Crippen MR) is 127 cm³/mol. The van der Waals surface area contributed by atoms with Crippen LogP contribution in [0.3, 0.4) is 0 Å². The fourth-order valence-electron chi connectivity index (χ4n) is 4.13. The van der Waals surface area contributed by atoms with Crippen LogP contribution in [0.5, 0.6) is 5.88 Å². The Bertz CT molecular complexity index is 1470. The molecule has 9 heteroatoms. The zero-order valence-electron chi connectivity index (χ0n) is 18.5. The van der Waals surface area contributed by atoms with Crippen molar-refractivity contribution in [1.29, 1.82) is 0 Å². The Morgan fingerprint density at radius 3 is 2.65 bits per heavy atom. The van der Waals surface area contributed by atoms with Crippen molar-refractivity contribution in [2.75, 3.05) is 31.2 Å². The summed E-state index contributed by atoms with van der Waals surface area (Å²) in [5.41, 5.74) is 5.78. The van der Waals surface area contributed by atoms with Crippen LogP contribution in [-0.4, -0.2) is 56.1 Å². The van der Waals surface area contributed by atoms with E-state index in [1.807, 2.05) is 43.3 Å². The summed E-state index contributed by atoms with van der Waals surface area (Å²) >= 11 is 0. The summed E-state index contributed by atoms with van der Waals surface area (Å²) in [7, 11) is 0. The van der Waals surface area contributed by atoms with E-state index in [2.05, 4.69) is 10.00 Å². The number of furan rings is 1. The van der Waals surface area contributed by atoms with Gasteiger partial charge in [-0.2, -0.15) is 14.8 Å². The molecule has 0 amide bonds. The van der Waals surface area contributed by atoms with E-state index in [1.54, 1.807) is 24.8 Å². The SMILES string of the molecule is Cc1cccc(-c2cc(O)n(-c3nc(N4CCOCC4)c4ncc(-c5ccoc5)cc4n3)n2)c1. The first-order chi connectivity index (χ1) is 16.7.